The van der Waals surface area contributed by atoms with Gasteiger partial charge in [0.2, 0.25) is 0 Å². The number of carbonyl (C=O) groups is 1. The van der Waals surface area contributed by atoms with Gasteiger partial charge in [-0.05, 0) is 49.4 Å². The van der Waals surface area contributed by atoms with Gasteiger partial charge < -0.3 is 14.0 Å². The average Bonchev–Trinajstić information content (AvgIpc) is 3.23. The zero-order valence-electron chi connectivity index (χ0n) is 19.8. The van der Waals surface area contributed by atoms with E-state index in [4.69, 9.17) is 4.74 Å². The van der Waals surface area contributed by atoms with Crippen molar-refractivity contribution in [2.75, 3.05) is 7.11 Å². The number of hydrogen-bond acceptors (Lipinski definition) is 3. The van der Waals surface area contributed by atoms with Crippen LogP contribution in [0, 0.1) is 24.4 Å². The molecule has 0 fully saturated rings. The minimum absolute atomic E-state index is 0.0911. The van der Waals surface area contributed by atoms with Gasteiger partial charge in [0.15, 0.2) is 0 Å². The van der Waals surface area contributed by atoms with Gasteiger partial charge in [0.1, 0.15) is 29.8 Å². The molecule has 4 aromatic rings. The number of halogens is 7. The van der Waals surface area contributed by atoms with Crippen molar-refractivity contribution in [2.24, 2.45) is 0 Å². The second-order valence-electron chi connectivity index (χ2n) is 8.16. The second kappa shape index (κ2) is 10.6. The summed E-state index contributed by atoms with van der Waals surface area (Å²) in [6.07, 6.45) is -4.91. The SMILES string of the molecule is COC(=O)c1cccc(-n2c(C)ccc2-c2cc(Br)ccc2OCc2c(F)cc(F)cc2F)c1C(F)(F)F. The lowest BCUT2D eigenvalue weighted by atomic mass is 10.0. The van der Waals surface area contributed by atoms with Gasteiger partial charge in [0.25, 0.3) is 0 Å². The number of benzene rings is 3. The van der Waals surface area contributed by atoms with E-state index in [0.29, 0.717) is 22.3 Å². The number of aryl methyl sites for hydroxylation is 1. The largest absolute Gasteiger partial charge is 0.488 e. The third kappa shape index (κ3) is 5.28. The monoisotopic (exact) mass is 597 g/mol. The van der Waals surface area contributed by atoms with E-state index in [1.807, 2.05) is 0 Å². The second-order valence-corrected chi connectivity index (χ2v) is 9.08. The molecular formula is C27H18BrF6NO3. The summed E-state index contributed by atoms with van der Waals surface area (Å²) in [4.78, 5) is 12.2. The van der Waals surface area contributed by atoms with Gasteiger partial charge >= 0.3 is 12.1 Å². The predicted molar refractivity (Wildman–Crippen MR) is 131 cm³/mol. The Morgan fingerprint density at radius 1 is 0.974 bits per heavy atom. The Balaban J connectivity index is 1.87. The minimum atomic E-state index is -4.91. The fourth-order valence-electron chi connectivity index (χ4n) is 4.06. The molecule has 38 heavy (non-hydrogen) atoms. The number of nitrogens with zero attached hydrogens (tertiary/aromatic N) is 1. The van der Waals surface area contributed by atoms with Crippen LogP contribution in [0.4, 0.5) is 26.3 Å². The number of carbonyl (C=O) groups excluding carboxylic acids is 1. The van der Waals surface area contributed by atoms with Crippen LogP contribution < -0.4 is 4.74 Å². The molecule has 0 spiro atoms. The van der Waals surface area contributed by atoms with Crippen LogP contribution in [0.25, 0.3) is 16.9 Å². The van der Waals surface area contributed by atoms with Crippen LogP contribution in [-0.2, 0) is 17.5 Å². The number of rotatable bonds is 6. The van der Waals surface area contributed by atoms with Crippen molar-refractivity contribution >= 4 is 21.9 Å². The van der Waals surface area contributed by atoms with Gasteiger partial charge in [-0.2, -0.15) is 13.2 Å². The summed E-state index contributed by atoms with van der Waals surface area (Å²) >= 11 is 3.33. The first-order valence-corrected chi connectivity index (χ1v) is 11.7. The normalized spacial score (nSPS) is 11.5. The highest BCUT2D eigenvalue weighted by molar-refractivity contribution is 9.10. The number of ether oxygens (including phenoxy) is 2. The van der Waals surface area contributed by atoms with Crippen LogP contribution in [0.1, 0.15) is 27.2 Å². The molecule has 0 unspecified atom stereocenters. The quantitative estimate of drug-likeness (QED) is 0.167. The lowest BCUT2D eigenvalue weighted by Gasteiger charge is -2.21. The Morgan fingerprint density at radius 3 is 2.29 bits per heavy atom. The molecule has 0 radical (unpaired) electrons. The summed E-state index contributed by atoms with van der Waals surface area (Å²) in [5, 5.41) is 0. The first-order chi connectivity index (χ1) is 17.9. The Morgan fingerprint density at radius 2 is 1.66 bits per heavy atom. The number of aromatic nitrogens is 1. The molecule has 0 bridgehead atoms. The molecule has 0 aliphatic heterocycles. The molecule has 0 amide bonds. The molecule has 0 aliphatic rings. The maximum absolute atomic E-state index is 14.3. The molecule has 3 aromatic carbocycles. The van der Waals surface area contributed by atoms with E-state index >= 15 is 0 Å². The van der Waals surface area contributed by atoms with Crippen LogP contribution in [0.2, 0.25) is 0 Å². The van der Waals surface area contributed by atoms with Crippen molar-refractivity contribution in [1.82, 2.24) is 4.57 Å². The van der Waals surface area contributed by atoms with Gasteiger partial charge in [-0.25, -0.2) is 18.0 Å². The van der Waals surface area contributed by atoms with Crippen LogP contribution in [0.5, 0.6) is 5.75 Å². The highest BCUT2D eigenvalue weighted by Crippen LogP contribution is 2.41. The molecule has 0 saturated heterocycles. The standard InChI is InChI=1S/C27H18BrF6NO3/c1-14-6-8-22(35(14)23-5-3-4-17(26(36)37-2)25(23)27(32,33)34)18-10-15(28)7-9-24(18)38-13-19-20(30)11-16(29)12-21(19)31/h3-12H,13H2,1-2H3. The molecule has 198 valence electrons. The van der Waals surface area contributed by atoms with Crippen LogP contribution in [-0.4, -0.2) is 17.6 Å². The van der Waals surface area contributed by atoms with Gasteiger partial charge in [-0.15, -0.1) is 0 Å². The van der Waals surface area contributed by atoms with Crippen molar-refractivity contribution in [2.45, 2.75) is 19.7 Å². The Kier molecular flexibility index (Phi) is 7.59. The Hall–Kier alpha value is -3.73. The maximum Gasteiger partial charge on any atom is 0.419 e. The van der Waals surface area contributed by atoms with E-state index in [0.717, 1.165) is 13.2 Å². The number of hydrogen-bond donors (Lipinski definition) is 0. The van der Waals surface area contributed by atoms with Crippen molar-refractivity contribution < 1.29 is 40.6 Å². The van der Waals surface area contributed by atoms with Crippen LogP contribution >= 0.6 is 15.9 Å². The molecule has 0 atom stereocenters. The van der Waals surface area contributed by atoms with Gasteiger partial charge in [0.05, 0.1) is 35.2 Å². The number of alkyl halides is 3. The van der Waals surface area contributed by atoms with Crippen LogP contribution in [0.3, 0.4) is 0 Å². The summed E-state index contributed by atoms with van der Waals surface area (Å²) in [5.41, 5.74) is -1.78. The number of esters is 1. The zero-order valence-corrected chi connectivity index (χ0v) is 21.4. The van der Waals surface area contributed by atoms with E-state index in [1.54, 1.807) is 31.2 Å². The molecule has 0 N–H and O–H groups in total. The molecule has 1 aromatic heterocycles. The summed E-state index contributed by atoms with van der Waals surface area (Å²) in [7, 11) is 0.986. The highest BCUT2D eigenvalue weighted by atomic mass is 79.9. The fraction of sp³-hybridized carbons (Fsp3) is 0.148. The van der Waals surface area contributed by atoms with Crippen molar-refractivity contribution in [3.8, 4) is 22.7 Å². The van der Waals surface area contributed by atoms with E-state index in [-0.39, 0.29) is 22.7 Å². The number of methoxy groups -OCH3 is 1. The van der Waals surface area contributed by atoms with E-state index in [1.165, 1.54) is 22.8 Å². The van der Waals surface area contributed by atoms with Gasteiger partial charge in [0, 0.05) is 27.9 Å². The molecule has 11 heteroatoms. The zero-order chi connectivity index (χ0) is 27.8. The first-order valence-electron chi connectivity index (χ1n) is 11.0. The predicted octanol–water partition coefficient (Wildman–Crippen LogP) is 8.02. The van der Waals surface area contributed by atoms with Gasteiger partial charge in [-0.3, -0.25) is 0 Å². The molecule has 4 rings (SSSR count). The summed E-state index contributed by atoms with van der Waals surface area (Å²) < 4.78 is 96.5. The summed E-state index contributed by atoms with van der Waals surface area (Å²) in [6.45, 7) is 0.966. The van der Waals surface area contributed by atoms with E-state index in [2.05, 4.69) is 20.7 Å². The minimum Gasteiger partial charge on any atom is -0.488 e. The van der Waals surface area contributed by atoms with E-state index in [9.17, 15) is 31.1 Å². The van der Waals surface area contributed by atoms with Gasteiger partial charge in [-0.1, -0.05) is 22.0 Å². The molecule has 1 heterocycles. The molecule has 4 nitrogen and oxygen atoms in total. The smallest absolute Gasteiger partial charge is 0.419 e. The molecular weight excluding hydrogens is 580 g/mol. The van der Waals surface area contributed by atoms with Crippen molar-refractivity contribution in [3.63, 3.8) is 0 Å². The average molecular weight is 598 g/mol. The lowest BCUT2D eigenvalue weighted by molar-refractivity contribution is -0.138. The summed E-state index contributed by atoms with van der Waals surface area (Å²) in [5.74, 6) is -4.44. The fourth-order valence-corrected chi connectivity index (χ4v) is 4.42. The first kappa shape index (κ1) is 27.3. The maximum atomic E-state index is 14.3. The van der Waals surface area contributed by atoms with E-state index < -0.39 is 52.9 Å². The Bertz CT molecular complexity index is 1510. The van der Waals surface area contributed by atoms with Crippen molar-refractivity contribution in [3.05, 3.63) is 105 Å². The topological polar surface area (TPSA) is 40.5 Å². The highest BCUT2D eigenvalue weighted by Gasteiger charge is 2.39. The van der Waals surface area contributed by atoms with Crippen molar-refractivity contribution in [1.29, 1.82) is 0 Å². The molecule has 0 aliphatic carbocycles. The summed E-state index contributed by atoms with van der Waals surface area (Å²) in [6, 6.07) is 12.3. The molecule has 0 saturated carbocycles. The third-order valence-electron chi connectivity index (χ3n) is 5.74. The lowest BCUT2D eigenvalue weighted by Crippen LogP contribution is -2.18. The third-order valence-corrected chi connectivity index (χ3v) is 6.24. The Labute approximate surface area is 221 Å². The van der Waals surface area contributed by atoms with Crippen LogP contribution in [0.15, 0.2) is 65.1 Å².